The third-order valence-corrected chi connectivity index (χ3v) is 6.88. The molecule has 2 unspecified atom stereocenters. The van der Waals surface area contributed by atoms with E-state index in [-0.39, 0.29) is 22.4 Å². The van der Waals surface area contributed by atoms with Crippen LogP contribution in [-0.2, 0) is 11.3 Å². The van der Waals surface area contributed by atoms with Crippen molar-refractivity contribution in [2.45, 2.75) is 38.4 Å². The molecule has 1 aromatic carbocycles. The van der Waals surface area contributed by atoms with Crippen molar-refractivity contribution >= 4 is 16.9 Å². The molecular weight excluding hydrogens is 451 g/mol. The molecule has 182 valence electrons. The minimum absolute atomic E-state index is 0.269. The van der Waals surface area contributed by atoms with E-state index in [1.807, 2.05) is 6.92 Å². The quantitative estimate of drug-likeness (QED) is 0.542. The zero-order chi connectivity index (χ0) is 24.7. The van der Waals surface area contributed by atoms with Gasteiger partial charge in [0.05, 0.1) is 18.6 Å². The van der Waals surface area contributed by atoms with Crippen molar-refractivity contribution in [3.8, 4) is 16.9 Å². The molecule has 0 aliphatic carbocycles. The van der Waals surface area contributed by atoms with E-state index in [9.17, 15) is 19.1 Å². The lowest BCUT2D eigenvalue weighted by molar-refractivity contribution is -0.127. The van der Waals surface area contributed by atoms with Gasteiger partial charge in [0.25, 0.3) is 11.5 Å². The number of morpholine rings is 1. The highest BCUT2D eigenvalue weighted by atomic mass is 19.1. The number of carbonyl (C=O) groups is 1. The molecule has 8 nitrogen and oxygen atoms in total. The Kier molecular flexibility index (Phi) is 6.12. The molecule has 3 aromatic rings. The number of allylic oxidation sites excluding steroid dienone is 1. The number of nitrogens with zero attached hydrogens (tertiary/aromatic N) is 3. The number of amides is 1. The van der Waals surface area contributed by atoms with Crippen LogP contribution in [0.25, 0.3) is 22.2 Å². The van der Waals surface area contributed by atoms with E-state index in [4.69, 9.17) is 4.74 Å². The van der Waals surface area contributed by atoms with Crippen LogP contribution < -0.4 is 10.9 Å². The zero-order valence-corrected chi connectivity index (χ0v) is 19.5. The summed E-state index contributed by atoms with van der Waals surface area (Å²) in [5, 5.41) is 13.9. The predicted molar refractivity (Wildman–Crippen MR) is 130 cm³/mol. The van der Waals surface area contributed by atoms with Crippen molar-refractivity contribution in [1.29, 1.82) is 0 Å². The lowest BCUT2D eigenvalue weighted by atomic mass is 9.91. The maximum atomic E-state index is 13.5. The van der Waals surface area contributed by atoms with Crippen LogP contribution in [0.2, 0.25) is 0 Å². The van der Waals surface area contributed by atoms with Gasteiger partial charge in [0.1, 0.15) is 22.8 Å². The highest BCUT2D eigenvalue weighted by molar-refractivity contribution is 6.02. The standard InChI is InChI=1S/C26H27FN4O4/c1-3-15(2)29-25(33)22-23(32)21-10-17(16-4-6-18(27)7-5-16)12-28-24(21)31(26(22)34)9-8-30-19-11-20(30)14-35-13-19/h4-7,10,12,19-20,32H,2-3,8-9,11,13-14H2,1H3,(H,29,33). The van der Waals surface area contributed by atoms with Gasteiger partial charge >= 0.3 is 0 Å². The first-order valence-corrected chi connectivity index (χ1v) is 11.7. The number of pyridine rings is 2. The fourth-order valence-corrected chi connectivity index (χ4v) is 4.83. The zero-order valence-electron chi connectivity index (χ0n) is 19.5. The summed E-state index contributed by atoms with van der Waals surface area (Å²) in [7, 11) is 0. The minimum atomic E-state index is -0.712. The summed E-state index contributed by atoms with van der Waals surface area (Å²) < 4.78 is 20.4. The summed E-state index contributed by atoms with van der Waals surface area (Å²) in [5.74, 6) is -1.51. The number of hydrogen-bond donors (Lipinski definition) is 2. The number of benzene rings is 1. The summed E-state index contributed by atoms with van der Waals surface area (Å²) in [5.41, 5.74) is 1.07. The van der Waals surface area contributed by atoms with Gasteiger partial charge in [0.15, 0.2) is 0 Å². The van der Waals surface area contributed by atoms with Crippen molar-refractivity contribution in [1.82, 2.24) is 19.8 Å². The Balaban J connectivity index is 1.59. The van der Waals surface area contributed by atoms with Crippen LogP contribution in [-0.4, -0.2) is 57.3 Å². The van der Waals surface area contributed by atoms with Gasteiger partial charge in [-0.25, -0.2) is 9.37 Å². The topological polar surface area (TPSA) is 96.7 Å². The van der Waals surface area contributed by atoms with E-state index in [0.29, 0.717) is 61.6 Å². The molecular formula is C26H27FN4O4. The Bertz CT molecular complexity index is 1350. The molecule has 2 N–H and O–H groups in total. The highest BCUT2D eigenvalue weighted by Crippen LogP contribution is 2.32. The molecule has 1 amide bonds. The molecule has 0 spiro atoms. The van der Waals surface area contributed by atoms with Gasteiger partial charge < -0.3 is 15.2 Å². The van der Waals surface area contributed by atoms with Gasteiger partial charge in [-0.3, -0.25) is 19.1 Å². The smallest absolute Gasteiger partial charge is 0.268 e. The molecule has 2 aliphatic heterocycles. The van der Waals surface area contributed by atoms with E-state index in [1.54, 1.807) is 24.4 Å². The van der Waals surface area contributed by atoms with E-state index in [1.165, 1.54) is 16.7 Å². The van der Waals surface area contributed by atoms with Crippen molar-refractivity contribution in [2.24, 2.45) is 0 Å². The summed E-state index contributed by atoms with van der Waals surface area (Å²) in [6.07, 6.45) is 3.15. The lowest BCUT2D eigenvalue weighted by Gasteiger charge is -2.52. The van der Waals surface area contributed by atoms with Crippen molar-refractivity contribution < 1.29 is 19.0 Å². The minimum Gasteiger partial charge on any atom is -0.506 e. The van der Waals surface area contributed by atoms with Gasteiger partial charge in [-0.2, -0.15) is 0 Å². The van der Waals surface area contributed by atoms with Crippen LogP contribution in [0.15, 0.2) is 53.6 Å². The number of fused-ring (bicyclic) bond motifs is 3. The van der Waals surface area contributed by atoms with Gasteiger partial charge in [0, 0.05) is 42.6 Å². The molecule has 0 radical (unpaired) electrons. The van der Waals surface area contributed by atoms with Crippen LogP contribution in [0.4, 0.5) is 4.39 Å². The van der Waals surface area contributed by atoms with Crippen LogP contribution in [0.1, 0.15) is 30.1 Å². The van der Waals surface area contributed by atoms with E-state index in [0.717, 1.165) is 6.42 Å². The number of halogens is 1. The Morgan fingerprint density at radius 2 is 1.94 bits per heavy atom. The third kappa shape index (κ3) is 4.21. The first-order chi connectivity index (χ1) is 16.9. The first kappa shape index (κ1) is 23.2. The number of ether oxygens (including phenoxy) is 1. The Labute approximate surface area is 201 Å². The Morgan fingerprint density at radius 1 is 1.23 bits per heavy atom. The molecule has 35 heavy (non-hydrogen) atoms. The van der Waals surface area contributed by atoms with Gasteiger partial charge in [-0.1, -0.05) is 25.6 Å². The maximum Gasteiger partial charge on any atom is 0.268 e. The van der Waals surface area contributed by atoms with E-state index >= 15 is 0 Å². The van der Waals surface area contributed by atoms with Gasteiger partial charge in [0.2, 0.25) is 0 Å². The number of carbonyl (C=O) groups excluding carboxylic acids is 1. The molecule has 0 saturated carbocycles. The number of nitrogens with one attached hydrogen (secondary N) is 1. The van der Waals surface area contributed by atoms with Gasteiger partial charge in [-0.05, 0) is 36.6 Å². The second-order valence-electron chi connectivity index (χ2n) is 9.01. The molecule has 5 rings (SSSR count). The lowest BCUT2D eigenvalue weighted by Crippen LogP contribution is -2.64. The predicted octanol–water partition coefficient (Wildman–Crippen LogP) is 3.03. The molecule has 4 heterocycles. The first-order valence-electron chi connectivity index (χ1n) is 11.7. The number of aromatic nitrogens is 2. The van der Waals surface area contributed by atoms with Crippen LogP contribution >= 0.6 is 0 Å². The average Bonchev–Trinajstić information content (AvgIpc) is 2.86. The van der Waals surface area contributed by atoms with Crippen LogP contribution in [0.3, 0.4) is 0 Å². The normalized spacial score (nSPS) is 19.4. The van der Waals surface area contributed by atoms with Crippen molar-refractivity contribution in [3.05, 3.63) is 70.5 Å². The second kappa shape index (κ2) is 9.24. The fourth-order valence-electron chi connectivity index (χ4n) is 4.83. The van der Waals surface area contributed by atoms with Crippen molar-refractivity contribution in [2.75, 3.05) is 19.8 Å². The van der Waals surface area contributed by atoms with E-state index in [2.05, 4.69) is 21.8 Å². The number of aromatic hydroxyl groups is 1. The molecule has 2 aromatic heterocycles. The van der Waals surface area contributed by atoms with Crippen molar-refractivity contribution in [3.63, 3.8) is 0 Å². The van der Waals surface area contributed by atoms with Crippen LogP contribution in [0, 0.1) is 5.82 Å². The third-order valence-electron chi connectivity index (χ3n) is 6.88. The summed E-state index contributed by atoms with van der Waals surface area (Å²) in [6, 6.07) is 8.22. The summed E-state index contributed by atoms with van der Waals surface area (Å²) in [6.45, 7) is 7.85. The highest BCUT2D eigenvalue weighted by Gasteiger charge is 2.41. The molecule has 9 heteroatoms. The molecule has 2 aliphatic rings. The number of hydrogen-bond acceptors (Lipinski definition) is 6. The molecule has 2 saturated heterocycles. The summed E-state index contributed by atoms with van der Waals surface area (Å²) >= 11 is 0. The fraction of sp³-hybridized carbons (Fsp3) is 0.346. The SMILES string of the molecule is C=C(CC)NC(=O)c1c(O)c2cc(-c3ccc(F)cc3)cnc2n(CCN2C3COCC2C3)c1=O. The molecule has 2 atom stereocenters. The van der Waals surface area contributed by atoms with E-state index < -0.39 is 17.2 Å². The van der Waals surface area contributed by atoms with Gasteiger partial charge in [-0.15, -0.1) is 0 Å². The molecule has 2 fully saturated rings. The largest absolute Gasteiger partial charge is 0.506 e. The second-order valence-corrected chi connectivity index (χ2v) is 9.01. The Morgan fingerprint density at radius 3 is 2.60 bits per heavy atom. The Hall–Kier alpha value is -3.56. The maximum absolute atomic E-state index is 13.5. The average molecular weight is 479 g/mol. The number of rotatable bonds is 7. The van der Waals surface area contributed by atoms with Crippen LogP contribution in [0.5, 0.6) is 5.75 Å². The molecule has 2 bridgehead atoms. The summed E-state index contributed by atoms with van der Waals surface area (Å²) in [4.78, 5) is 33.2. The monoisotopic (exact) mass is 478 g/mol.